The second-order valence-corrected chi connectivity index (χ2v) is 5.11. The fourth-order valence-electron chi connectivity index (χ4n) is 1.71. The topological polar surface area (TPSA) is 29.9 Å². The lowest BCUT2D eigenvalue weighted by Gasteiger charge is -2.16. The van der Waals surface area contributed by atoms with Crippen molar-refractivity contribution in [3.63, 3.8) is 0 Å². The zero-order valence-electron chi connectivity index (χ0n) is 11.2. The van der Waals surface area contributed by atoms with Crippen LogP contribution < -0.4 is 5.32 Å². The van der Waals surface area contributed by atoms with Crippen molar-refractivity contribution in [3.8, 4) is 0 Å². The maximum Gasteiger partial charge on any atom is 0.0951 e. The summed E-state index contributed by atoms with van der Waals surface area (Å²) in [6.07, 6.45) is 3.18. The molecular formula is C13H25N3. The Morgan fingerprint density at radius 3 is 2.50 bits per heavy atom. The predicted octanol–water partition coefficient (Wildman–Crippen LogP) is 2.52. The van der Waals surface area contributed by atoms with E-state index in [1.165, 1.54) is 12.1 Å². The molecule has 0 radical (unpaired) electrons. The maximum atomic E-state index is 4.31. The van der Waals surface area contributed by atoms with Crippen molar-refractivity contribution in [2.75, 3.05) is 6.54 Å². The van der Waals surface area contributed by atoms with Crippen LogP contribution in [0.2, 0.25) is 0 Å². The van der Waals surface area contributed by atoms with Crippen LogP contribution in [0.4, 0.5) is 0 Å². The molecule has 1 aromatic rings. The standard InChI is InChI=1S/C13H25N3/c1-10(2)6-7-14-11(3)8-16-9-15-12(4)13(16)5/h9-11,14H,6-8H2,1-5H3. The van der Waals surface area contributed by atoms with Gasteiger partial charge >= 0.3 is 0 Å². The molecule has 0 aliphatic heterocycles. The van der Waals surface area contributed by atoms with Crippen LogP contribution in [0.5, 0.6) is 0 Å². The molecule has 0 aliphatic carbocycles. The summed E-state index contributed by atoms with van der Waals surface area (Å²) in [5.41, 5.74) is 2.41. The van der Waals surface area contributed by atoms with Gasteiger partial charge in [0.15, 0.2) is 0 Å². The highest BCUT2D eigenvalue weighted by molar-refractivity contribution is 5.08. The molecule has 0 aromatic carbocycles. The largest absolute Gasteiger partial charge is 0.333 e. The fourth-order valence-corrected chi connectivity index (χ4v) is 1.71. The molecule has 0 fully saturated rings. The Bertz CT molecular complexity index is 315. The van der Waals surface area contributed by atoms with Crippen LogP contribution in [0, 0.1) is 19.8 Å². The number of imidazole rings is 1. The second-order valence-electron chi connectivity index (χ2n) is 5.11. The van der Waals surface area contributed by atoms with Crippen molar-refractivity contribution in [2.45, 2.75) is 53.6 Å². The minimum Gasteiger partial charge on any atom is -0.333 e. The summed E-state index contributed by atoms with van der Waals surface area (Å²) in [6.45, 7) is 13.0. The smallest absolute Gasteiger partial charge is 0.0951 e. The van der Waals surface area contributed by atoms with Crippen LogP contribution in [0.3, 0.4) is 0 Å². The summed E-state index contributed by atoms with van der Waals surface area (Å²) in [4.78, 5) is 4.31. The number of hydrogen-bond acceptors (Lipinski definition) is 2. The number of rotatable bonds is 6. The van der Waals surface area contributed by atoms with E-state index >= 15 is 0 Å². The summed E-state index contributed by atoms with van der Waals surface area (Å²) >= 11 is 0. The molecule has 1 heterocycles. The third-order valence-corrected chi connectivity index (χ3v) is 3.03. The summed E-state index contributed by atoms with van der Waals surface area (Å²) < 4.78 is 2.22. The molecule has 1 rings (SSSR count). The van der Waals surface area contributed by atoms with Gasteiger partial charge in [0.1, 0.15) is 0 Å². The number of nitrogens with zero attached hydrogens (tertiary/aromatic N) is 2. The zero-order chi connectivity index (χ0) is 12.1. The first-order valence-electron chi connectivity index (χ1n) is 6.22. The lowest BCUT2D eigenvalue weighted by atomic mass is 10.1. The van der Waals surface area contributed by atoms with Crippen LogP contribution in [-0.2, 0) is 6.54 Å². The average Bonchev–Trinajstić information content (AvgIpc) is 2.49. The van der Waals surface area contributed by atoms with Gasteiger partial charge in [-0.25, -0.2) is 4.98 Å². The molecule has 1 aromatic heterocycles. The van der Waals surface area contributed by atoms with Gasteiger partial charge in [0.25, 0.3) is 0 Å². The first-order chi connectivity index (χ1) is 7.50. The number of aromatic nitrogens is 2. The van der Waals surface area contributed by atoms with Crippen molar-refractivity contribution >= 4 is 0 Å². The van der Waals surface area contributed by atoms with Gasteiger partial charge in [0, 0.05) is 18.3 Å². The van der Waals surface area contributed by atoms with Crippen molar-refractivity contribution in [2.24, 2.45) is 5.92 Å². The van der Waals surface area contributed by atoms with E-state index in [-0.39, 0.29) is 0 Å². The lowest BCUT2D eigenvalue weighted by molar-refractivity contribution is 0.443. The van der Waals surface area contributed by atoms with Gasteiger partial charge in [-0.3, -0.25) is 0 Å². The lowest BCUT2D eigenvalue weighted by Crippen LogP contribution is -2.31. The number of hydrogen-bond donors (Lipinski definition) is 1. The van der Waals surface area contributed by atoms with Crippen LogP contribution in [-0.4, -0.2) is 22.1 Å². The first kappa shape index (κ1) is 13.2. The SMILES string of the molecule is Cc1ncn(CC(C)NCCC(C)C)c1C. The molecule has 16 heavy (non-hydrogen) atoms. The summed E-state index contributed by atoms with van der Waals surface area (Å²) in [6, 6.07) is 0.506. The van der Waals surface area contributed by atoms with E-state index in [0.717, 1.165) is 24.7 Å². The molecule has 0 saturated carbocycles. The highest BCUT2D eigenvalue weighted by Gasteiger charge is 2.06. The Hall–Kier alpha value is -0.830. The van der Waals surface area contributed by atoms with Crippen LogP contribution in [0.1, 0.15) is 38.6 Å². The van der Waals surface area contributed by atoms with E-state index in [2.05, 4.69) is 49.5 Å². The number of nitrogens with one attached hydrogen (secondary N) is 1. The van der Waals surface area contributed by atoms with Gasteiger partial charge in [-0.15, -0.1) is 0 Å². The summed E-state index contributed by atoms with van der Waals surface area (Å²) in [5.74, 6) is 0.775. The molecule has 92 valence electrons. The van der Waals surface area contributed by atoms with Crippen molar-refractivity contribution in [1.29, 1.82) is 0 Å². The Kier molecular flexibility index (Phi) is 5.00. The van der Waals surface area contributed by atoms with Gasteiger partial charge in [0.05, 0.1) is 12.0 Å². The summed E-state index contributed by atoms with van der Waals surface area (Å²) in [5, 5.41) is 3.55. The van der Waals surface area contributed by atoms with E-state index in [4.69, 9.17) is 0 Å². The van der Waals surface area contributed by atoms with Crippen molar-refractivity contribution in [3.05, 3.63) is 17.7 Å². The monoisotopic (exact) mass is 223 g/mol. The second kappa shape index (κ2) is 6.04. The minimum absolute atomic E-state index is 0.506. The first-order valence-corrected chi connectivity index (χ1v) is 6.22. The third-order valence-electron chi connectivity index (χ3n) is 3.03. The Morgan fingerprint density at radius 1 is 1.31 bits per heavy atom. The van der Waals surface area contributed by atoms with E-state index < -0.39 is 0 Å². The molecule has 3 heteroatoms. The molecule has 0 aliphatic rings. The van der Waals surface area contributed by atoms with Crippen molar-refractivity contribution < 1.29 is 0 Å². The van der Waals surface area contributed by atoms with Gasteiger partial charge in [-0.05, 0) is 39.7 Å². The van der Waals surface area contributed by atoms with Crippen LogP contribution in [0.25, 0.3) is 0 Å². The quantitative estimate of drug-likeness (QED) is 0.803. The van der Waals surface area contributed by atoms with Gasteiger partial charge in [0.2, 0.25) is 0 Å². The molecule has 1 atom stereocenters. The minimum atomic E-state index is 0.506. The van der Waals surface area contributed by atoms with E-state index in [1.807, 2.05) is 6.33 Å². The van der Waals surface area contributed by atoms with Crippen LogP contribution in [0.15, 0.2) is 6.33 Å². The predicted molar refractivity (Wildman–Crippen MR) is 68.6 cm³/mol. The highest BCUT2D eigenvalue weighted by atomic mass is 15.1. The fraction of sp³-hybridized carbons (Fsp3) is 0.769. The normalized spacial score (nSPS) is 13.4. The van der Waals surface area contributed by atoms with E-state index in [1.54, 1.807) is 0 Å². The maximum absolute atomic E-state index is 4.31. The average molecular weight is 223 g/mol. The van der Waals surface area contributed by atoms with Crippen molar-refractivity contribution in [1.82, 2.24) is 14.9 Å². The van der Waals surface area contributed by atoms with Crippen LogP contribution >= 0.6 is 0 Å². The zero-order valence-corrected chi connectivity index (χ0v) is 11.2. The molecule has 1 unspecified atom stereocenters. The molecule has 3 nitrogen and oxygen atoms in total. The van der Waals surface area contributed by atoms with E-state index in [9.17, 15) is 0 Å². The Labute approximate surface area is 99.3 Å². The molecule has 0 bridgehead atoms. The molecule has 0 spiro atoms. The number of aryl methyl sites for hydroxylation is 1. The molecule has 1 N–H and O–H groups in total. The van der Waals surface area contributed by atoms with E-state index in [0.29, 0.717) is 6.04 Å². The summed E-state index contributed by atoms with van der Waals surface area (Å²) in [7, 11) is 0. The molecule has 0 amide bonds. The van der Waals surface area contributed by atoms with Gasteiger partial charge in [-0.1, -0.05) is 13.8 Å². The third kappa shape index (κ3) is 3.97. The molecular weight excluding hydrogens is 198 g/mol. The Balaban J connectivity index is 2.34. The molecule has 0 saturated heterocycles. The van der Waals surface area contributed by atoms with Gasteiger partial charge < -0.3 is 9.88 Å². The van der Waals surface area contributed by atoms with Gasteiger partial charge in [-0.2, -0.15) is 0 Å². The highest BCUT2D eigenvalue weighted by Crippen LogP contribution is 2.05. The Morgan fingerprint density at radius 2 is 2.00 bits per heavy atom.